The predicted molar refractivity (Wildman–Crippen MR) is 206 cm³/mol. The number of rotatable bonds is 9. The zero-order valence-corrected chi connectivity index (χ0v) is 31.5. The Hall–Kier alpha value is -3.84. The minimum Gasteiger partial charge on any atom is -0.384 e. The van der Waals surface area contributed by atoms with E-state index in [2.05, 4.69) is 57.1 Å². The fraction of sp³-hybridized carbons (Fsp3) is 0.500. The Morgan fingerprint density at radius 1 is 0.962 bits per heavy atom. The molecule has 0 unspecified atom stereocenters. The SMILES string of the molecule is COC[C@@H]1CN[C@H](C(=O)Nc2ccc([C@H]3CC[C@H](c4ccc5nc([C@@H]6CCCN6)[nH]c5c4)N3c3cc(F)c(N4CC[Si](C)(C)CC4)c(F)c3)cc2)C1. The molecule has 5 heterocycles. The number of imidazole rings is 1. The summed E-state index contributed by atoms with van der Waals surface area (Å²) >= 11 is 0. The molecule has 0 saturated carbocycles. The van der Waals surface area contributed by atoms with Crippen LogP contribution in [0.5, 0.6) is 0 Å². The summed E-state index contributed by atoms with van der Waals surface area (Å²) in [6, 6.07) is 19.2. The van der Waals surface area contributed by atoms with E-state index in [-0.39, 0.29) is 35.8 Å². The maximum atomic E-state index is 16.2. The molecule has 0 radical (unpaired) electrons. The second-order valence-corrected chi connectivity index (χ2v) is 21.4. The van der Waals surface area contributed by atoms with Gasteiger partial charge in [0.05, 0.1) is 49.9 Å². The van der Waals surface area contributed by atoms with E-state index in [1.54, 1.807) is 19.2 Å². The van der Waals surface area contributed by atoms with E-state index < -0.39 is 19.7 Å². The van der Waals surface area contributed by atoms with Gasteiger partial charge in [0.25, 0.3) is 0 Å². The number of fused-ring (bicyclic) bond motifs is 1. The summed E-state index contributed by atoms with van der Waals surface area (Å²) in [7, 11) is 0.371. The second-order valence-electron chi connectivity index (χ2n) is 16.1. The molecule has 5 atom stereocenters. The minimum absolute atomic E-state index is 0.0550. The number of nitrogens with one attached hydrogen (secondary N) is 4. The molecule has 4 saturated heterocycles. The van der Waals surface area contributed by atoms with Gasteiger partial charge in [0, 0.05) is 38.1 Å². The number of H-pyrrole nitrogens is 1. The molecule has 0 spiro atoms. The van der Waals surface area contributed by atoms with E-state index in [9.17, 15) is 4.79 Å². The molecule has 276 valence electrons. The zero-order valence-electron chi connectivity index (χ0n) is 30.5. The van der Waals surface area contributed by atoms with Gasteiger partial charge in [-0.05, 0) is 104 Å². The lowest BCUT2D eigenvalue weighted by molar-refractivity contribution is -0.117. The summed E-state index contributed by atoms with van der Waals surface area (Å²) in [4.78, 5) is 25.6. The number of anilines is 3. The highest BCUT2D eigenvalue weighted by atomic mass is 28.3. The third kappa shape index (κ3) is 7.10. The Labute approximate surface area is 305 Å². The van der Waals surface area contributed by atoms with Gasteiger partial charge in [-0.2, -0.15) is 0 Å². The number of carbonyl (C=O) groups excluding carboxylic acids is 1. The number of amides is 1. The summed E-state index contributed by atoms with van der Waals surface area (Å²) < 4.78 is 37.6. The van der Waals surface area contributed by atoms with E-state index in [0.29, 0.717) is 31.3 Å². The lowest BCUT2D eigenvalue weighted by atomic mass is 10.0. The van der Waals surface area contributed by atoms with Crippen LogP contribution in [0.15, 0.2) is 54.6 Å². The number of halogens is 2. The van der Waals surface area contributed by atoms with Crippen molar-refractivity contribution in [2.24, 2.45) is 5.92 Å². The standard InChI is InChI=1S/C40H51F2N7O2Si/c1-51-24-25-19-35(44-23-25)40(50)45-28-9-6-26(7-10-28)36-12-13-37(27-8-11-32-34(20-27)47-39(46-32)33-5-4-14-43-33)49(36)29-21-30(41)38(31(42)22-29)48-15-17-52(2,3)18-16-48/h6-11,20-22,25,33,35-37,43-44H,4-5,12-19,23-24H2,1-3H3,(H,45,50)(H,46,47)/t25-,33-,35-,36+,37+/m0/s1. The number of aromatic amines is 1. The average molecular weight is 728 g/mol. The molecule has 3 aromatic carbocycles. The molecule has 4 fully saturated rings. The van der Waals surface area contributed by atoms with Crippen molar-refractivity contribution in [2.45, 2.75) is 81.5 Å². The van der Waals surface area contributed by atoms with Crippen LogP contribution in [-0.2, 0) is 9.53 Å². The summed E-state index contributed by atoms with van der Waals surface area (Å²) in [5, 5.41) is 9.90. The zero-order chi connectivity index (χ0) is 36.0. The summed E-state index contributed by atoms with van der Waals surface area (Å²) in [5.41, 5.74) is 5.36. The topological polar surface area (TPSA) is 97.5 Å². The Balaban J connectivity index is 1.09. The largest absolute Gasteiger partial charge is 0.384 e. The van der Waals surface area contributed by atoms with Gasteiger partial charge in [0.15, 0.2) is 11.6 Å². The molecule has 12 heteroatoms. The van der Waals surface area contributed by atoms with Crippen molar-refractivity contribution in [1.82, 2.24) is 20.6 Å². The fourth-order valence-corrected chi connectivity index (χ4v) is 10.9. The van der Waals surface area contributed by atoms with Crippen molar-refractivity contribution in [1.29, 1.82) is 0 Å². The van der Waals surface area contributed by atoms with E-state index in [4.69, 9.17) is 9.72 Å². The lowest BCUT2D eigenvalue weighted by Crippen LogP contribution is -2.43. The molecule has 1 aromatic heterocycles. The number of hydrogen-bond donors (Lipinski definition) is 4. The quantitative estimate of drug-likeness (QED) is 0.133. The van der Waals surface area contributed by atoms with Crippen molar-refractivity contribution >= 4 is 42.1 Å². The third-order valence-electron chi connectivity index (χ3n) is 11.9. The first-order valence-electron chi connectivity index (χ1n) is 19.0. The number of ether oxygens (including phenoxy) is 1. The van der Waals surface area contributed by atoms with Crippen LogP contribution >= 0.6 is 0 Å². The summed E-state index contributed by atoms with van der Waals surface area (Å²) in [6.45, 7) is 8.48. The average Bonchev–Trinajstić information content (AvgIpc) is 3.95. The van der Waals surface area contributed by atoms with Crippen molar-refractivity contribution in [3.63, 3.8) is 0 Å². The summed E-state index contributed by atoms with van der Waals surface area (Å²) in [5.74, 6) is 0.206. The van der Waals surface area contributed by atoms with Crippen LogP contribution in [0, 0.1) is 17.6 Å². The van der Waals surface area contributed by atoms with Crippen LogP contribution in [-0.4, -0.2) is 69.9 Å². The molecule has 0 aliphatic carbocycles. The highest BCUT2D eigenvalue weighted by molar-refractivity contribution is 6.77. The predicted octanol–water partition coefficient (Wildman–Crippen LogP) is 7.44. The smallest absolute Gasteiger partial charge is 0.241 e. The van der Waals surface area contributed by atoms with Gasteiger partial charge >= 0.3 is 0 Å². The van der Waals surface area contributed by atoms with Crippen molar-refractivity contribution in [3.05, 3.63) is 83.2 Å². The highest BCUT2D eigenvalue weighted by Crippen LogP contribution is 2.48. The number of nitrogens with zero attached hydrogens (tertiary/aromatic N) is 3. The van der Waals surface area contributed by atoms with Gasteiger partial charge in [-0.1, -0.05) is 31.3 Å². The molecule has 8 rings (SSSR count). The van der Waals surface area contributed by atoms with E-state index in [1.807, 2.05) is 29.2 Å². The Morgan fingerprint density at radius 2 is 1.67 bits per heavy atom. The molecule has 4 aromatic rings. The van der Waals surface area contributed by atoms with Crippen molar-refractivity contribution in [3.8, 4) is 0 Å². The van der Waals surface area contributed by atoms with Crippen molar-refractivity contribution < 1.29 is 18.3 Å². The van der Waals surface area contributed by atoms with Crippen molar-refractivity contribution in [2.75, 3.05) is 55.0 Å². The molecule has 9 nitrogen and oxygen atoms in total. The van der Waals surface area contributed by atoms with Gasteiger partial charge in [-0.3, -0.25) is 4.79 Å². The Morgan fingerprint density at radius 3 is 2.37 bits per heavy atom. The maximum Gasteiger partial charge on any atom is 0.241 e. The Kier molecular flexibility index (Phi) is 9.83. The molecular weight excluding hydrogens is 677 g/mol. The van der Waals surface area contributed by atoms with E-state index in [1.165, 1.54) is 0 Å². The van der Waals surface area contributed by atoms with Gasteiger partial charge in [-0.25, -0.2) is 13.8 Å². The van der Waals surface area contributed by atoms with Crippen LogP contribution in [0.1, 0.15) is 67.2 Å². The first-order valence-corrected chi connectivity index (χ1v) is 22.5. The van der Waals surface area contributed by atoms with Crippen LogP contribution in [0.25, 0.3) is 11.0 Å². The molecule has 4 aliphatic rings. The number of carbonyl (C=O) groups is 1. The summed E-state index contributed by atoms with van der Waals surface area (Å²) in [6.07, 6.45) is 4.55. The van der Waals surface area contributed by atoms with Crippen LogP contribution in [0.3, 0.4) is 0 Å². The highest BCUT2D eigenvalue weighted by Gasteiger charge is 2.38. The van der Waals surface area contributed by atoms with Gasteiger partial charge in [-0.15, -0.1) is 0 Å². The van der Waals surface area contributed by atoms with Crippen LogP contribution in [0.4, 0.5) is 25.8 Å². The normalized spacial score (nSPS) is 26.1. The molecule has 4 N–H and O–H groups in total. The second kappa shape index (κ2) is 14.5. The molecule has 4 aliphatic heterocycles. The molecule has 1 amide bonds. The monoisotopic (exact) mass is 727 g/mol. The van der Waals surface area contributed by atoms with Gasteiger partial charge in [0.1, 0.15) is 11.5 Å². The molecule has 0 bridgehead atoms. The number of methoxy groups -OCH3 is 1. The van der Waals surface area contributed by atoms with Crippen LogP contribution in [0.2, 0.25) is 25.2 Å². The number of aromatic nitrogens is 2. The van der Waals surface area contributed by atoms with Gasteiger partial charge in [0.2, 0.25) is 5.91 Å². The number of hydrogen-bond acceptors (Lipinski definition) is 7. The van der Waals surface area contributed by atoms with E-state index in [0.717, 1.165) is 91.0 Å². The third-order valence-corrected chi connectivity index (χ3v) is 15.1. The first kappa shape index (κ1) is 35.2. The number of benzene rings is 3. The minimum atomic E-state index is -1.31. The van der Waals surface area contributed by atoms with Crippen LogP contribution < -0.4 is 25.8 Å². The van der Waals surface area contributed by atoms with Gasteiger partial charge < -0.3 is 35.5 Å². The van der Waals surface area contributed by atoms with E-state index >= 15 is 8.78 Å². The first-order chi connectivity index (χ1) is 25.2. The molecular formula is C40H51F2N7O2Si. The molecule has 52 heavy (non-hydrogen) atoms. The lowest BCUT2D eigenvalue weighted by Gasteiger charge is -2.38. The maximum absolute atomic E-state index is 16.2. The fourth-order valence-electron chi connectivity index (χ4n) is 8.89. The Bertz CT molecular complexity index is 1880.